The molecule has 0 aromatic carbocycles. The van der Waals surface area contributed by atoms with Gasteiger partial charge in [-0.25, -0.2) is 0 Å². The van der Waals surface area contributed by atoms with E-state index in [4.69, 9.17) is 5.73 Å². The summed E-state index contributed by atoms with van der Waals surface area (Å²) >= 11 is 0. The van der Waals surface area contributed by atoms with Crippen LogP contribution < -0.4 is 16.4 Å². The van der Waals surface area contributed by atoms with Gasteiger partial charge in [0.15, 0.2) is 0 Å². The van der Waals surface area contributed by atoms with Crippen LogP contribution in [-0.4, -0.2) is 30.4 Å². The molecule has 0 bridgehead atoms. The van der Waals surface area contributed by atoms with E-state index in [-0.39, 0.29) is 29.8 Å². The van der Waals surface area contributed by atoms with Crippen LogP contribution in [0.3, 0.4) is 0 Å². The van der Waals surface area contributed by atoms with Crippen molar-refractivity contribution >= 4 is 11.8 Å². The van der Waals surface area contributed by atoms with Crippen molar-refractivity contribution in [2.24, 2.45) is 23.5 Å². The van der Waals surface area contributed by atoms with Crippen LogP contribution in [0.1, 0.15) is 47.0 Å². The van der Waals surface area contributed by atoms with Crippen molar-refractivity contribution in [2.75, 3.05) is 6.54 Å². The van der Waals surface area contributed by atoms with Gasteiger partial charge in [0.1, 0.15) is 0 Å². The molecule has 2 amide bonds. The summed E-state index contributed by atoms with van der Waals surface area (Å²) in [6.45, 7) is 8.49. The van der Waals surface area contributed by atoms with E-state index in [2.05, 4.69) is 24.5 Å². The summed E-state index contributed by atoms with van der Waals surface area (Å²) in [7, 11) is 0. The van der Waals surface area contributed by atoms with E-state index in [0.717, 1.165) is 12.8 Å². The Morgan fingerprint density at radius 3 is 2.45 bits per heavy atom. The third kappa shape index (κ3) is 5.12. The number of nitrogens with two attached hydrogens (primary N) is 1. The lowest BCUT2D eigenvalue weighted by molar-refractivity contribution is -0.128. The highest BCUT2D eigenvalue weighted by atomic mass is 16.2. The molecule has 116 valence electrons. The summed E-state index contributed by atoms with van der Waals surface area (Å²) in [4.78, 5) is 23.7. The van der Waals surface area contributed by atoms with Crippen LogP contribution in [0, 0.1) is 17.8 Å². The molecule has 1 fully saturated rings. The van der Waals surface area contributed by atoms with Gasteiger partial charge in [-0.15, -0.1) is 0 Å². The standard InChI is InChI=1S/C15H29N3O2/c1-9(2)18-14(19)5-6-17-15(20)12-8-13(16)11(4)7-10(12)3/h9-13H,5-8,16H2,1-4H3,(H,17,20)(H,18,19). The van der Waals surface area contributed by atoms with E-state index in [1.165, 1.54) is 0 Å². The number of amides is 2. The largest absolute Gasteiger partial charge is 0.355 e. The van der Waals surface area contributed by atoms with E-state index in [9.17, 15) is 9.59 Å². The van der Waals surface area contributed by atoms with Crippen molar-refractivity contribution in [1.82, 2.24) is 10.6 Å². The average Bonchev–Trinajstić information content (AvgIpc) is 2.32. The summed E-state index contributed by atoms with van der Waals surface area (Å²) < 4.78 is 0. The molecule has 4 atom stereocenters. The van der Waals surface area contributed by atoms with Gasteiger partial charge >= 0.3 is 0 Å². The fourth-order valence-corrected chi connectivity index (χ4v) is 2.87. The van der Waals surface area contributed by atoms with Crippen LogP contribution in [0.5, 0.6) is 0 Å². The normalized spacial score (nSPS) is 30.1. The molecule has 1 aliphatic rings. The third-order valence-electron chi connectivity index (χ3n) is 4.13. The monoisotopic (exact) mass is 283 g/mol. The predicted octanol–water partition coefficient (Wildman–Crippen LogP) is 1.03. The average molecular weight is 283 g/mol. The summed E-state index contributed by atoms with van der Waals surface area (Å²) in [6.07, 6.45) is 2.06. The molecule has 1 saturated carbocycles. The molecule has 0 aliphatic heterocycles. The first kappa shape index (κ1) is 17.0. The van der Waals surface area contributed by atoms with Crippen LogP contribution in [0.25, 0.3) is 0 Å². The van der Waals surface area contributed by atoms with E-state index < -0.39 is 0 Å². The topological polar surface area (TPSA) is 84.2 Å². The second kappa shape index (κ2) is 7.62. The van der Waals surface area contributed by atoms with Gasteiger partial charge in [0, 0.05) is 31.0 Å². The first-order valence-electron chi connectivity index (χ1n) is 7.64. The van der Waals surface area contributed by atoms with E-state index in [1.54, 1.807) is 0 Å². The Bertz CT molecular complexity index is 344. The number of rotatable bonds is 5. The molecule has 0 radical (unpaired) electrons. The highest BCUT2D eigenvalue weighted by Crippen LogP contribution is 2.32. The Labute approximate surface area is 122 Å². The van der Waals surface area contributed by atoms with Crippen molar-refractivity contribution in [2.45, 2.75) is 59.0 Å². The summed E-state index contributed by atoms with van der Waals surface area (Å²) in [5.41, 5.74) is 6.06. The molecule has 0 aromatic heterocycles. The van der Waals surface area contributed by atoms with Gasteiger partial charge in [-0.2, -0.15) is 0 Å². The molecule has 5 nitrogen and oxygen atoms in total. The maximum atomic E-state index is 12.2. The Hall–Kier alpha value is -1.10. The zero-order chi connectivity index (χ0) is 15.3. The predicted molar refractivity (Wildman–Crippen MR) is 79.9 cm³/mol. The molecule has 0 heterocycles. The summed E-state index contributed by atoms with van der Waals surface area (Å²) in [5.74, 6) is 0.828. The van der Waals surface area contributed by atoms with Crippen LogP contribution in [0.2, 0.25) is 0 Å². The molecule has 20 heavy (non-hydrogen) atoms. The number of carbonyl (C=O) groups excluding carboxylic acids is 2. The lowest BCUT2D eigenvalue weighted by Gasteiger charge is -2.36. The van der Waals surface area contributed by atoms with Crippen molar-refractivity contribution in [3.8, 4) is 0 Å². The van der Waals surface area contributed by atoms with Gasteiger partial charge < -0.3 is 16.4 Å². The highest BCUT2D eigenvalue weighted by Gasteiger charge is 2.34. The molecule has 5 heteroatoms. The number of hydrogen-bond acceptors (Lipinski definition) is 3. The molecule has 4 N–H and O–H groups in total. The molecule has 0 saturated heterocycles. The zero-order valence-electron chi connectivity index (χ0n) is 13.1. The quantitative estimate of drug-likeness (QED) is 0.704. The second-order valence-corrected chi connectivity index (χ2v) is 6.46. The first-order valence-corrected chi connectivity index (χ1v) is 7.64. The molecule has 4 unspecified atom stereocenters. The summed E-state index contributed by atoms with van der Waals surface area (Å²) in [6, 6.07) is 0.238. The SMILES string of the molecule is CC(C)NC(=O)CCNC(=O)C1CC(N)C(C)CC1C. The second-order valence-electron chi connectivity index (χ2n) is 6.46. The summed E-state index contributed by atoms with van der Waals surface area (Å²) in [5, 5.41) is 5.67. The Kier molecular flexibility index (Phi) is 6.46. The molecular formula is C15H29N3O2. The van der Waals surface area contributed by atoms with Gasteiger partial charge in [-0.05, 0) is 38.5 Å². The fraction of sp³-hybridized carbons (Fsp3) is 0.867. The van der Waals surface area contributed by atoms with Gasteiger partial charge in [-0.1, -0.05) is 13.8 Å². The van der Waals surface area contributed by atoms with Gasteiger partial charge in [-0.3, -0.25) is 9.59 Å². The third-order valence-corrected chi connectivity index (χ3v) is 4.13. The minimum atomic E-state index is -0.0256. The Morgan fingerprint density at radius 1 is 1.20 bits per heavy atom. The molecule has 1 aliphatic carbocycles. The van der Waals surface area contributed by atoms with Crippen molar-refractivity contribution in [3.63, 3.8) is 0 Å². The number of carbonyl (C=O) groups is 2. The highest BCUT2D eigenvalue weighted by molar-refractivity contribution is 5.80. The van der Waals surface area contributed by atoms with E-state index >= 15 is 0 Å². The van der Waals surface area contributed by atoms with Crippen LogP contribution in [0.15, 0.2) is 0 Å². The lowest BCUT2D eigenvalue weighted by atomic mass is 9.72. The van der Waals surface area contributed by atoms with Crippen LogP contribution in [-0.2, 0) is 9.59 Å². The van der Waals surface area contributed by atoms with Gasteiger partial charge in [0.05, 0.1) is 0 Å². The maximum Gasteiger partial charge on any atom is 0.223 e. The number of nitrogens with one attached hydrogen (secondary N) is 2. The fourth-order valence-electron chi connectivity index (χ4n) is 2.87. The minimum absolute atomic E-state index is 0.0191. The zero-order valence-corrected chi connectivity index (χ0v) is 13.1. The number of hydrogen-bond donors (Lipinski definition) is 3. The smallest absolute Gasteiger partial charge is 0.223 e. The van der Waals surface area contributed by atoms with E-state index in [0.29, 0.717) is 24.8 Å². The minimum Gasteiger partial charge on any atom is -0.355 e. The first-order chi connectivity index (χ1) is 9.31. The molecule has 0 aromatic rings. The van der Waals surface area contributed by atoms with Crippen molar-refractivity contribution in [1.29, 1.82) is 0 Å². The van der Waals surface area contributed by atoms with Gasteiger partial charge in [0.25, 0.3) is 0 Å². The Balaban J connectivity index is 2.34. The lowest BCUT2D eigenvalue weighted by Crippen LogP contribution is -2.45. The molecular weight excluding hydrogens is 254 g/mol. The molecule has 1 rings (SSSR count). The van der Waals surface area contributed by atoms with Crippen LogP contribution in [0.4, 0.5) is 0 Å². The van der Waals surface area contributed by atoms with E-state index in [1.807, 2.05) is 13.8 Å². The van der Waals surface area contributed by atoms with Gasteiger partial charge in [0.2, 0.25) is 11.8 Å². The Morgan fingerprint density at radius 2 is 1.85 bits per heavy atom. The van der Waals surface area contributed by atoms with Crippen LogP contribution >= 0.6 is 0 Å². The maximum absolute atomic E-state index is 12.2. The van der Waals surface area contributed by atoms with Crippen molar-refractivity contribution in [3.05, 3.63) is 0 Å². The molecule has 0 spiro atoms. The van der Waals surface area contributed by atoms with Crippen molar-refractivity contribution < 1.29 is 9.59 Å².